The van der Waals surface area contributed by atoms with Crippen LogP contribution in [0.5, 0.6) is 0 Å². The highest BCUT2D eigenvalue weighted by Crippen LogP contribution is 2.13. The number of carbonyl (C=O) groups excluding carboxylic acids is 1. The number of likely N-dealkylation sites (N-methyl/N-ethyl adjacent to an activating group) is 2. The van der Waals surface area contributed by atoms with Crippen molar-refractivity contribution in [2.24, 2.45) is 0 Å². The van der Waals surface area contributed by atoms with Crippen LogP contribution in [0.2, 0.25) is 0 Å². The Morgan fingerprint density at radius 2 is 2.17 bits per heavy atom. The van der Waals surface area contributed by atoms with Crippen LogP contribution in [0.15, 0.2) is 18.3 Å². The Morgan fingerprint density at radius 3 is 2.74 bits per heavy atom. The van der Waals surface area contributed by atoms with Gasteiger partial charge < -0.3 is 14.7 Å². The maximum Gasteiger partial charge on any atom is 0.223 e. The molecule has 1 aliphatic rings. The van der Waals surface area contributed by atoms with E-state index >= 15 is 0 Å². The summed E-state index contributed by atoms with van der Waals surface area (Å²) in [7, 11) is 6.15. The number of carbonyl (C=O) groups is 1. The molecule has 0 aliphatic carbocycles. The molecule has 2 rings (SSSR count). The molecule has 128 valence electrons. The molecule has 1 aromatic heterocycles. The standard InChI is InChI=1S/C18H30N4O/c1-5-15-6-7-16(19-12-15)13-22(4)18(23)9-11-21(3)17-8-10-20(2)14-17/h6-7,12,17H,5,8-11,13-14H2,1-4H3. The number of amides is 1. The van der Waals surface area contributed by atoms with Crippen LogP contribution >= 0.6 is 0 Å². The molecule has 1 atom stereocenters. The van der Waals surface area contributed by atoms with Gasteiger partial charge in [0.15, 0.2) is 0 Å². The van der Waals surface area contributed by atoms with E-state index in [-0.39, 0.29) is 5.91 Å². The molecule has 0 spiro atoms. The van der Waals surface area contributed by atoms with E-state index < -0.39 is 0 Å². The van der Waals surface area contributed by atoms with Crippen LogP contribution in [0.25, 0.3) is 0 Å². The second-order valence-corrected chi connectivity index (χ2v) is 6.70. The Balaban J connectivity index is 1.75. The largest absolute Gasteiger partial charge is 0.340 e. The van der Waals surface area contributed by atoms with E-state index in [1.165, 1.54) is 12.0 Å². The van der Waals surface area contributed by atoms with Crippen LogP contribution in [0, 0.1) is 0 Å². The third kappa shape index (κ3) is 5.29. The summed E-state index contributed by atoms with van der Waals surface area (Å²) in [4.78, 5) is 23.2. The van der Waals surface area contributed by atoms with Crippen LogP contribution in [-0.4, -0.2) is 72.4 Å². The molecular weight excluding hydrogens is 288 g/mol. The van der Waals surface area contributed by atoms with Crippen molar-refractivity contribution >= 4 is 5.91 Å². The van der Waals surface area contributed by atoms with Gasteiger partial charge in [-0.25, -0.2) is 0 Å². The zero-order valence-electron chi connectivity index (χ0n) is 15.0. The molecule has 1 fully saturated rings. The highest BCUT2D eigenvalue weighted by molar-refractivity contribution is 5.76. The summed E-state index contributed by atoms with van der Waals surface area (Å²) in [6.07, 6.45) is 4.66. The minimum Gasteiger partial charge on any atom is -0.340 e. The SMILES string of the molecule is CCc1ccc(CN(C)C(=O)CCN(C)C2CCN(C)C2)nc1. The molecule has 1 amide bonds. The molecule has 5 nitrogen and oxygen atoms in total. The monoisotopic (exact) mass is 318 g/mol. The molecule has 1 saturated heterocycles. The molecule has 0 N–H and O–H groups in total. The fourth-order valence-electron chi connectivity index (χ4n) is 3.01. The first-order valence-corrected chi connectivity index (χ1v) is 8.56. The van der Waals surface area contributed by atoms with Gasteiger partial charge in [-0.05, 0) is 45.1 Å². The van der Waals surface area contributed by atoms with Crippen molar-refractivity contribution in [3.63, 3.8) is 0 Å². The number of pyridine rings is 1. The van der Waals surface area contributed by atoms with Crippen molar-refractivity contribution in [1.29, 1.82) is 0 Å². The average molecular weight is 318 g/mol. The molecule has 23 heavy (non-hydrogen) atoms. The van der Waals surface area contributed by atoms with Crippen molar-refractivity contribution in [2.45, 2.75) is 38.8 Å². The first-order valence-electron chi connectivity index (χ1n) is 8.56. The topological polar surface area (TPSA) is 39.7 Å². The third-order valence-electron chi connectivity index (χ3n) is 4.79. The van der Waals surface area contributed by atoms with Crippen LogP contribution in [-0.2, 0) is 17.8 Å². The summed E-state index contributed by atoms with van der Waals surface area (Å²) in [6, 6.07) is 4.69. The number of hydrogen-bond donors (Lipinski definition) is 0. The molecular formula is C18H30N4O. The predicted molar refractivity (Wildman–Crippen MR) is 93.2 cm³/mol. The lowest BCUT2D eigenvalue weighted by molar-refractivity contribution is -0.130. The number of hydrogen-bond acceptors (Lipinski definition) is 4. The quantitative estimate of drug-likeness (QED) is 0.766. The Labute approximate surface area is 140 Å². The van der Waals surface area contributed by atoms with Crippen LogP contribution in [0.1, 0.15) is 31.0 Å². The van der Waals surface area contributed by atoms with Gasteiger partial charge in [0.1, 0.15) is 0 Å². The highest BCUT2D eigenvalue weighted by Gasteiger charge is 2.23. The van der Waals surface area contributed by atoms with Gasteiger partial charge in [-0.1, -0.05) is 13.0 Å². The van der Waals surface area contributed by atoms with Crippen molar-refractivity contribution in [2.75, 3.05) is 40.8 Å². The molecule has 1 unspecified atom stereocenters. The predicted octanol–water partition coefficient (Wildman–Crippen LogP) is 1.63. The van der Waals surface area contributed by atoms with E-state index in [4.69, 9.17) is 0 Å². The van der Waals surface area contributed by atoms with E-state index in [9.17, 15) is 4.79 Å². The Kier molecular flexibility index (Phi) is 6.54. The summed E-state index contributed by atoms with van der Waals surface area (Å²) in [6.45, 7) is 5.78. The summed E-state index contributed by atoms with van der Waals surface area (Å²) < 4.78 is 0. The molecule has 1 aliphatic heterocycles. The van der Waals surface area contributed by atoms with E-state index in [2.05, 4.69) is 41.9 Å². The van der Waals surface area contributed by atoms with Gasteiger partial charge in [-0.2, -0.15) is 0 Å². The maximum atomic E-state index is 12.3. The van der Waals surface area contributed by atoms with Crippen molar-refractivity contribution in [3.8, 4) is 0 Å². The molecule has 0 aromatic carbocycles. The van der Waals surface area contributed by atoms with Crippen molar-refractivity contribution in [3.05, 3.63) is 29.6 Å². The molecule has 0 radical (unpaired) electrons. The summed E-state index contributed by atoms with van der Waals surface area (Å²) in [5, 5.41) is 0. The normalized spacial score (nSPS) is 18.6. The van der Waals surface area contributed by atoms with Gasteiger partial charge in [0.05, 0.1) is 12.2 Å². The van der Waals surface area contributed by atoms with Gasteiger partial charge in [-0.15, -0.1) is 0 Å². The van der Waals surface area contributed by atoms with Crippen LogP contribution in [0.3, 0.4) is 0 Å². The van der Waals surface area contributed by atoms with E-state index in [0.29, 0.717) is 19.0 Å². The molecule has 1 aromatic rings. The van der Waals surface area contributed by atoms with Gasteiger partial charge in [0.2, 0.25) is 5.91 Å². The minimum absolute atomic E-state index is 0.185. The number of aryl methyl sites for hydroxylation is 1. The van der Waals surface area contributed by atoms with Gasteiger partial charge >= 0.3 is 0 Å². The van der Waals surface area contributed by atoms with Gasteiger partial charge in [0, 0.05) is 38.8 Å². The summed E-state index contributed by atoms with van der Waals surface area (Å²) >= 11 is 0. The van der Waals surface area contributed by atoms with E-state index in [0.717, 1.165) is 31.7 Å². The molecule has 2 heterocycles. The lowest BCUT2D eigenvalue weighted by Gasteiger charge is -2.25. The highest BCUT2D eigenvalue weighted by atomic mass is 16.2. The zero-order chi connectivity index (χ0) is 16.8. The summed E-state index contributed by atoms with van der Waals surface area (Å²) in [5.74, 6) is 0.185. The summed E-state index contributed by atoms with van der Waals surface area (Å²) in [5.41, 5.74) is 2.18. The van der Waals surface area contributed by atoms with Crippen molar-refractivity contribution in [1.82, 2.24) is 19.7 Å². The smallest absolute Gasteiger partial charge is 0.223 e. The maximum absolute atomic E-state index is 12.3. The number of aromatic nitrogens is 1. The fraction of sp³-hybridized carbons (Fsp3) is 0.667. The first-order chi connectivity index (χ1) is 11.0. The zero-order valence-corrected chi connectivity index (χ0v) is 15.0. The lowest BCUT2D eigenvalue weighted by atomic mass is 10.2. The second-order valence-electron chi connectivity index (χ2n) is 6.70. The lowest BCUT2D eigenvalue weighted by Crippen LogP contribution is -2.37. The number of likely N-dealkylation sites (tertiary alicyclic amines) is 1. The number of rotatable bonds is 7. The van der Waals surface area contributed by atoms with Gasteiger partial charge in [-0.3, -0.25) is 9.78 Å². The van der Waals surface area contributed by atoms with Crippen LogP contribution < -0.4 is 0 Å². The number of nitrogens with zero attached hydrogens (tertiary/aromatic N) is 4. The molecule has 0 saturated carbocycles. The fourth-order valence-corrected chi connectivity index (χ4v) is 3.01. The second kappa shape index (κ2) is 8.41. The Morgan fingerprint density at radius 1 is 1.39 bits per heavy atom. The molecule has 0 bridgehead atoms. The molecule has 5 heteroatoms. The van der Waals surface area contributed by atoms with Crippen LogP contribution in [0.4, 0.5) is 0 Å². The average Bonchev–Trinajstić information content (AvgIpc) is 2.99. The third-order valence-corrected chi connectivity index (χ3v) is 4.79. The first kappa shape index (κ1) is 17.9. The minimum atomic E-state index is 0.185. The van der Waals surface area contributed by atoms with Gasteiger partial charge in [0.25, 0.3) is 0 Å². The van der Waals surface area contributed by atoms with E-state index in [1.807, 2.05) is 19.3 Å². The van der Waals surface area contributed by atoms with E-state index in [1.54, 1.807) is 4.90 Å². The Bertz CT molecular complexity index is 502. The van der Waals surface area contributed by atoms with Crippen molar-refractivity contribution < 1.29 is 4.79 Å². The Hall–Kier alpha value is -1.46.